The highest BCUT2D eigenvalue weighted by atomic mass is 35.5. The predicted molar refractivity (Wildman–Crippen MR) is 118 cm³/mol. The third kappa shape index (κ3) is 4.38. The van der Waals surface area contributed by atoms with Crippen molar-refractivity contribution in [3.63, 3.8) is 0 Å². The minimum atomic E-state index is -0.295. The van der Waals surface area contributed by atoms with E-state index in [1.165, 1.54) is 15.3 Å². The second-order valence-electron chi connectivity index (χ2n) is 6.45. The summed E-state index contributed by atoms with van der Waals surface area (Å²) in [4.78, 5) is 10.4. The molecule has 2 heterocycles. The molecule has 1 unspecified atom stereocenters. The zero-order valence-electron chi connectivity index (χ0n) is 14.8. The molecule has 1 aromatic heterocycles. The van der Waals surface area contributed by atoms with E-state index < -0.39 is 0 Å². The van der Waals surface area contributed by atoms with Crippen molar-refractivity contribution in [1.82, 2.24) is 0 Å². The fraction of sp³-hybridized carbons (Fsp3) is 0.190. The van der Waals surface area contributed by atoms with Crippen LogP contribution in [0.25, 0.3) is 10.4 Å². The maximum absolute atomic E-state index is 9.41. The molecule has 1 atom stereocenters. The Balaban J connectivity index is 1.49. The van der Waals surface area contributed by atoms with Crippen molar-refractivity contribution in [1.29, 1.82) is 0 Å². The van der Waals surface area contributed by atoms with Crippen molar-refractivity contribution in [3.8, 4) is 10.4 Å². The van der Waals surface area contributed by atoms with E-state index in [0.29, 0.717) is 5.75 Å². The van der Waals surface area contributed by atoms with Crippen LogP contribution >= 0.6 is 34.7 Å². The molecule has 0 saturated carbocycles. The second-order valence-corrected chi connectivity index (χ2v) is 9.12. The Morgan fingerprint density at radius 1 is 1.19 bits per heavy atom. The van der Waals surface area contributed by atoms with Crippen molar-refractivity contribution < 1.29 is 5.11 Å². The highest BCUT2D eigenvalue weighted by molar-refractivity contribution is 7.99. The van der Waals surface area contributed by atoms with Gasteiger partial charge in [0, 0.05) is 26.2 Å². The minimum Gasteiger partial charge on any atom is -0.393 e. The third-order valence-corrected chi connectivity index (χ3v) is 6.89. The minimum absolute atomic E-state index is 0.295. The van der Waals surface area contributed by atoms with E-state index in [1.54, 1.807) is 23.1 Å². The fourth-order valence-electron chi connectivity index (χ4n) is 2.83. The smallest absolute Gasteiger partial charge is 0.0960 e. The lowest BCUT2D eigenvalue weighted by Gasteiger charge is -2.22. The molecule has 3 nitrogen and oxygen atoms in total. The largest absolute Gasteiger partial charge is 0.393 e. The summed E-state index contributed by atoms with van der Waals surface area (Å²) >= 11 is 9.43. The van der Waals surface area contributed by atoms with Gasteiger partial charge in [0.25, 0.3) is 0 Å². The lowest BCUT2D eigenvalue weighted by molar-refractivity contribution is 0.220. The molecule has 0 fully saturated rings. The van der Waals surface area contributed by atoms with Gasteiger partial charge in [0.2, 0.25) is 0 Å². The van der Waals surface area contributed by atoms with E-state index in [1.807, 2.05) is 37.5 Å². The maximum atomic E-state index is 9.41. The summed E-state index contributed by atoms with van der Waals surface area (Å²) in [5.41, 5.74) is 3.33. The number of fused-ring (bicyclic) bond motifs is 1. The van der Waals surface area contributed by atoms with Gasteiger partial charge in [0.1, 0.15) is 0 Å². The third-order valence-electron chi connectivity index (χ3n) is 4.23. The average Bonchev–Trinajstić information content (AvgIpc) is 3.10. The van der Waals surface area contributed by atoms with Gasteiger partial charge in [-0.2, -0.15) is 0 Å². The van der Waals surface area contributed by atoms with Crippen molar-refractivity contribution in [2.75, 3.05) is 10.7 Å². The summed E-state index contributed by atoms with van der Waals surface area (Å²) in [6, 6.07) is 18.5. The molecule has 0 radical (unpaired) electrons. The average molecular weight is 415 g/mol. The van der Waals surface area contributed by atoms with E-state index in [2.05, 4.69) is 40.2 Å². The monoisotopic (exact) mass is 414 g/mol. The van der Waals surface area contributed by atoms with Gasteiger partial charge < -0.3 is 10.0 Å². The predicted octanol–water partition coefficient (Wildman–Crippen LogP) is 6.22. The molecule has 3 aromatic rings. The van der Waals surface area contributed by atoms with Gasteiger partial charge in [0.15, 0.2) is 0 Å². The van der Waals surface area contributed by atoms with E-state index in [4.69, 9.17) is 11.6 Å². The van der Waals surface area contributed by atoms with Crippen molar-refractivity contribution in [2.24, 2.45) is 4.99 Å². The molecule has 1 N–H and O–H groups in total. The molecule has 0 bridgehead atoms. The van der Waals surface area contributed by atoms with Crippen LogP contribution in [0.15, 0.2) is 64.5 Å². The number of benzene rings is 2. The van der Waals surface area contributed by atoms with Gasteiger partial charge in [-0.3, -0.25) is 0 Å². The van der Waals surface area contributed by atoms with Crippen molar-refractivity contribution in [3.05, 3.63) is 64.5 Å². The summed E-state index contributed by atoms with van der Waals surface area (Å²) in [6.07, 6.45) is 1.61. The molecule has 0 aliphatic carbocycles. The van der Waals surface area contributed by atoms with Gasteiger partial charge in [-0.25, -0.2) is 4.99 Å². The summed E-state index contributed by atoms with van der Waals surface area (Å²) in [6.45, 7) is 2.62. The number of anilines is 1. The summed E-state index contributed by atoms with van der Waals surface area (Å²) in [7, 11) is 0. The van der Waals surface area contributed by atoms with Crippen LogP contribution in [0.3, 0.4) is 0 Å². The van der Waals surface area contributed by atoms with E-state index in [-0.39, 0.29) is 6.10 Å². The first-order valence-electron chi connectivity index (χ1n) is 8.69. The van der Waals surface area contributed by atoms with Gasteiger partial charge in [0.05, 0.1) is 29.6 Å². The number of thioether (sulfide) groups is 1. The number of halogens is 1. The Bertz CT molecular complexity index is 949. The molecule has 0 amide bonds. The molecule has 2 aromatic carbocycles. The first-order valence-corrected chi connectivity index (χ1v) is 10.9. The van der Waals surface area contributed by atoms with E-state index in [0.717, 1.165) is 27.8 Å². The lowest BCUT2D eigenvalue weighted by atomic mass is 10.2. The Hall–Kier alpha value is -1.79. The zero-order chi connectivity index (χ0) is 18.8. The lowest BCUT2D eigenvalue weighted by Crippen LogP contribution is -2.22. The second kappa shape index (κ2) is 8.07. The van der Waals surface area contributed by atoms with Crippen LogP contribution in [0.5, 0.6) is 0 Å². The van der Waals surface area contributed by atoms with Crippen LogP contribution in [0.1, 0.15) is 11.8 Å². The molecular weight excluding hydrogens is 396 g/mol. The number of thiophene rings is 1. The molecule has 27 heavy (non-hydrogen) atoms. The standard InChI is InChI=1S/C21H19ClN2OS2/c1-14(25)12-26-18-8-6-17(7-9-18)24-11-21-19(23-13-24)10-20(27-21)15-2-4-16(22)5-3-15/h2-10,13-14,25H,11-12H2,1H3. The Kier molecular flexibility index (Phi) is 5.55. The molecule has 0 spiro atoms. The molecule has 4 rings (SSSR count). The first kappa shape index (κ1) is 18.6. The summed E-state index contributed by atoms with van der Waals surface area (Å²) < 4.78 is 0. The number of rotatable bonds is 5. The van der Waals surface area contributed by atoms with Gasteiger partial charge in [-0.1, -0.05) is 23.7 Å². The molecule has 1 aliphatic heterocycles. The maximum Gasteiger partial charge on any atom is 0.0960 e. The van der Waals surface area contributed by atoms with E-state index in [9.17, 15) is 5.11 Å². The quantitative estimate of drug-likeness (QED) is 0.503. The number of nitrogens with zero attached hydrogens (tertiary/aromatic N) is 2. The van der Waals surface area contributed by atoms with Crippen LogP contribution in [-0.2, 0) is 6.54 Å². The van der Waals surface area contributed by atoms with Gasteiger partial charge >= 0.3 is 0 Å². The Labute approximate surface area is 172 Å². The van der Waals surface area contributed by atoms with Crippen LogP contribution in [0.4, 0.5) is 11.4 Å². The van der Waals surface area contributed by atoms with Gasteiger partial charge in [-0.05, 0) is 55.0 Å². The summed E-state index contributed by atoms with van der Waals surface area (Å²) in [5, 5.41) is 10.2. The number of aliphatic hydroxyl groups excluding tert-OH is 1. The van der Waals surface area contributed by atoms with Crippen molar-refractivity contribution >= 4 is 52.4 Å². The molecule has 0 saturated heterocycles. The Morgan fingerprint density at radius 3 is 2.63 bits per heavy atom. The topological polar surface area (TPSA) is 35.8 Å². The highest BCUT2D eigenvalue weighted by Crippen LogP contribution is 2.39. The number of aliphatic hydroxyl groups is 1. The SMILES string of the molecule is CC(O)CSc1ccc(N2C=Nc3cc(-c4ccc(Cl)cc4)sc3C2)cc1. The fourth-order valence-corrected chi connectivity index (χ4v) is 4.83. The first-order chi connectivity index (χ1) is 13.1. The van der Waals surface area contributed by atoms with Crippen LogP contribution in [0.2, 0.25) is 5.02 Å². The Morgan fingerprint density at radius 2 is 1.93 bits per heavy atom. The van der Waals surface area contributed by atoms with Crippen LogP contribution < -0.4 is 4.90 Å². The molecule has 6 heteroatoms. The molecule has 1 aliphatic rings. The molecule has 138 valence electrons. The normalized spacial score (nSPS) is 14.3. The summed E-state index contributed by atoms with van der Waals surface area (Å²) in [5.74, 6) is 0.705. The molecular formula is C21H19ClN2OS2. The number of hydrogen-bond acceptors (Lipinski definition) is 5. The zero-order valence-corrected chi connectivity index (χ0v) is 17.2. The van der Waals surface area contributed by atoms with Gasteiger partial charge in [-0.15, -0.1) is 23.1 Å². The number of hydrogen-bond donors (Lipinski definition) is 1. The van der Waals surface area contributed by atoms with Crippen LogP contribution in [0, 0.1) is 0 Å². The van der Waals surface area contributed by atoms with E-state index >= 15 is 0 Å². The highest BCUT2D eigenvalue weighted by Gasteiger charge is 2.17. The van der Waals surface area contributed by atoms with Crippen molar-refractivity contribution in [2.45, 2.75) is 24.5 Å². The van der Waals surface area contributed by atoms with Crippen LogP contribution in [-0.4, -0.2) is 23.3 Å². The number of aliphatic imine (C=N–C) groups is 1.